The molecule has 1 aliphatic rings. The van der Waals surface area contributed by atoms with Gasteiger partial charge in [0.1, 0.15) is 29.8 Å². The van der Waals surface area contributed by atoms with Crippen molar-refractivity contribution in [3.05, 3.63) is 77.6 Å². The molecule has 8 heteroatoms. The van der Waals surface area contributed by atoms with Gasteiger partial charge in [-0.05, 0) is 73.1 Å². The Morgan fingerprint density at radius 2 is 1.91 bits per heavy atom. The minimum Gasteiger partial charge on any atom is -0.354 e. The summed E-state index contributed by atoms with van der Waals surface area (Å²) in [4.78, 5) is 19.5. The third-order valence-corrected chi connectivity index (χ3v) is 6.47. The highest BCUT2D eigenvalue weighted by molar-refractivity contribution is 5.92. The summed E-state index contributed by atoms with van der Waals surface area (Å²) in [5.41, 5.74) is 2.48. The van der Waals surface area contributed by atoms with Gasteiger partial charge in [-0.2, -0.15) is 0 Å². The van der Waals surface area contributed by atoms with E-state index in [1.54, 1.807) is 29.1 Å². The third-order valence-electron chi connectivity index (χ3n) is 6.47. The molecule has 4 aromatic rings. The average Bonchev–Trinajstić information content (AvgIpc) is 3.31. The molecular weight excluding hydrogens is 429 g/mol. The molecule has 0 aliphatic heterocycles. The van der Waals surface area contributed by atoms with Gasteiger partial charge in [0.2, 0.25) is 5.91 Å². The van der Waals surface area contributed by atoms with Gasteiger partial charge in [0, 0.05) is 30.4 Å². The molecule has 0 saturated heterocycles. The Morgan fingerprint density at radius 3 is 2.61 bits per heavy atom. The second-order valence-electron chi connectivity index (χ2n) is 8.67. The monoisotopic (exact) mass is 452 g/mol. The van der Waals surface area contributed by atoms with Gasteiger partial charge in [0.15, 0.2) is 0 Å². The second-order valence-corrected chi connectivity index (χ2v) is 8.67. The van der Waals surface area contributed by atoms with Crippen molar-refractivity contribution < 1.29 is 18.0 Å². The van der Waals surface area contributed by atoms with Crippen LogP contribution < -0.4 is 5.32 Å². The maximum atomic E-state index is 14.5. The smallest absolute Gasteiger partial charge is 0.239 e. The summed E-state index contributed by atoms with van der Waals surface area (Å²) in [6.07, 6.45) is 4.98. The molecule has 1 aliphatic carbocycles. The van der Waals surface area contributed by atoms with Crippen LogP contribution in [0.5, 0.6) is 0 Å². The number of amides is 1. The SMILES string of the molecule is Cc1nccn1CC(=O)NCC1CC(c2c(-c3ccc(F)cc3)[nH]c3c(F)cc(F)cc23)C1. The molecule has 2 aromatic carbocycles. The van der Waals surface area contributed by atoms with E-state index >= 15 is 0 Å². The Labute approximate surface area is 188 Å². The molecule has 0 radical (unpaired) electrons. The molecule has 33 heavy (non-hydrogen) atoms. The van der Waals surface area contributed by atoms with Gasteiger partial charge >= 0.3 is 0 Å². The van der Waals surface area contributed by atoms with E-state index in [2.05, 4.69) is 15.3 Å². The fourth-order valence-corrected chi connectivity index (χ4v) is 4.69. The molecule has 0 bridgehead atoms. The number of aromatic nitrogens is 3. The Morgan fingerprint density at radius 1 is 1.15 bits per heavy atom. The molecule has 2 heterocycles. The normalized spacial score (nSPS) is 17.8. The van der Waals surface area contributed by atoms with Crippen LogP contribution in [-0.2, 0) is 11.3 Å². The van der Waals surface area contributed by atoms with E-state index in [9.17, 15) is 18.0 Å². The Bertz CT molecular complexity index is 1320. The van der Waals surface area contributed by atoms with Crippen LogP contribution in [0.2, 0.25) is 0 Å². The highest BCUT2D eigenvalue weighted by Gasteiger charge is 2.34. The minimum atomic E-state index is -0.655. The first kappa shape index (κ1) is 21.3. The molecule has 0 atom stereocenters. The second kappa shape index (κ2) is 8.42. The van der Waals surface area contributed by atoms with Crippen molar-refractivity contribution in [2.75, 3.05) is 6.54 Å². The lowest BCUT2D eigenvalue weighted by Gasteiger charge is -2.36. The van der Waals surface area contributed by atoms with Crippen molar-refractivity contribution in [3.63, 3.8) is 0 Å². The molecule has 5 nitrogen and oxygen atoms in total. The van der Waals surface area contributed by atoms with Crippen LogP contribution in [0.15, 0.2) is 48.8 Å². The molecule has 5 rings (SSSR count). The van der Waals surface area contributed by atoms with Crippen molar-refractivity contribution in [1.82, 2.24) is 19.9 Å². The number of fused-ring (bicyclic) bond motifs is 1. The number of halogens is 3. The fraction of sp³-hybridized carbons (Fsp3) is 0.280. The Balaban J connectivity index is 1.33. The number of carbonyl (C=O) groups excluding carboxylic acids is 1. The Kier molecular flexibility index (Phi) is 5.44. The van der Waals surface area contributed by atoms with Crippen molar-refractivity contribution in [2.24, 2.45) is 5.92 Å². The number of hydrogen-bond donors (Lipinski definition) is 2. The van der Waals surface area contributed by atoms with E-state index in [1.165, 1.54) is 18.2 Å². The molecule has 1 saturated carbocycles. The number of hydrogen-bond acceptors (Lipinski definition) is 2. The number of rotatable bonds is 6. The summed E-state index contributed by atoms with van der Waals surface area (Å²) < 4.78 is 43.8. The maximum absolute atomic E-state index is 14.5. The fourth-order valence-electron chi connectivity index (χ4n) is 4.69. The molecule has 2 aromatic heterocycles. The first-order valence-electron chi connectivity index (χ1n) is 10.9. The lowest BCUT2D eigenvalue weighted by Crippen LogP contribution is -2.37. The lowest BCUT2D eigenvalue weighted by atomic mass is 9.70. The van der Waals surface area contributed by atoms with E-state index < -0.39 is 11.6 Å². The zero-order chi connectivity index (χ0) is 23.1. The molecule has 170 valence electrons. The van der Waals surface area contributed by atoms with Gasteiger partial charge in [-0.25, -0.2) is 18.2 Å². The molecule has 1 amide bonds. The topological polar surface area (TPSA) is 62.7 Å². The van der Waals surface area contributed by atoms with E-state index in [0.29, 0.717) is 17.6 Å². The minimum absolute atomic E-state index is 0.0808. The molecule has 0 unspecified atom stereocenters. The average molecular weight is 452 g/mol. The number of carbonyl (C=O) groups is 1. The highest BCUT2D eigenvalue weighted by Crippen LogP contribution is 2.48. The van der Waals surface area contributed by atoms with Gasteiger partial charge in [0.05, 0.1) is 11.2 Å². The van der Waals surface area contributed by atoms with E-state index in [0.717, 1.165) is 35.9 Å². The highest BCUT2D eigenvalue weighted by atomic mass is 19.1. The Hall–Kier alpha value is -3.55. The number of nitrogens with zero attached hydrogens (tertiary/aromatic N) is 2. The first-order valence-corrected chi connectivity index (χ1v) is 10.9. The first-order chi connectivity index (χ1) is 15.9. The van der Waals surface area contributed by atoms with Gasteiger partial charge in [0.25, 0.3) is 0 Å². The predicted octanol–water partition coefficient (Wildman–Crippen LogP) is 5.07. The van der Waals surface area contributed by atoms with Gasteiger partial charge in [-0.15, -0.1) is 0 Å². The largest absolute Gasteiger partial charge is 0.354 e. The van der Waals surface area contributed by atoms with Crippen LogP contribution in [-0.4, -0.2) is 27.0 Å². The van der Waals surface area contributed by atoms with E-state index in [-0.39, 0.29) is 35.6 Å². The van der Waals surface area contributed by atoms with Crippen LogP contribution in [0.4, 0.5) is 13.2 Å². The summed E-state index contributed by atoms with van der Waals surface area (Å²) in [5, 5.41) is 3.48. The quantitative estimate of drug-likeness (QED) is 0.429. The van der Waals surface area contributed by atoms with Gasteiger partial charge in [-0.1, -0.05) is 0 Å². The van der Waals surface area contributed by atoms with Crippen molar-refractivity contribution in [2.45, 2.75) is 32.2 Å². The lowest BCUT2D eigenvalue weighted by molar-refractivity contribution is -0.122. The summed E-state index contributed by atoms with van der Waals surface area (Å²) in [6.45, 7) is 2.60. The number of benzene rings is 2. The zero-order valence-electron chi connectivity index (χ0n) is 18.0. The van der Waals surface area contributed by atoms with Crippen molar-refractivity contribution >= 4 is 16.8 Å². The molecule has 0 spiro atoms. The third kappa shape index (κ3) is 4.13. The molecular formula is C25H23F3N4O. The van der Waals surface area contributed by atoms with Gasteiger partial charge < -0.3 is 14.9 Å². The van der Waals surface area contributed by atoms with Crippen LogP contribution >= 0.6 is 0 Å². The summed E-state index contributed by atoms with van der Waals surface area (Å²) in [7, 11) is 0. The summed E-state index contributed by atoms with van der Waals surface area (Å²) in [6, 6.07) is 8.17. The maximum Gasteiger partial charge on any atom is 0.239 e. The number of H-pyrrole nitrogens is 1. The zero-order valence-corrected chi connectivity index (χ0v) is 18.0. The van der Waals surface area contributed by atoms with Crippen LogP contribution in [0.25, 0.3) is 22.2 Å². The van der Waals surface area contributed by atoms with Crippen molar-refractivity contribution in [1.29, 1.82) is 0 Å². The predicted molar refractivity (Wildman–Crippen MR) is 119 cm³/mol. The molecule has 2 N–H and O–H groups in total. The number of imidazole rings is 1. The van der Waals surface area contributed by atoms with Crippen molar-refractivity contribution in [3.8, 4) is 11.3 Å². The van der Waals surface area contributed by atoms with E-state index in [4.69, 9.17) is 0 Å². The standard InChI is InChI=1S/C25H23F3N4O/c1-14-29-6-7-32(14)13-22(33)30-12-15-8-17(9-15)23-20-10-19(27)11-21(28)25(20)31-24(23)16-2-4-18(26)5-3-16/h2-7,10-11,15,17,31H,8-9,12-13H2,1H3,(H,30,33). The molecule has 1 fully saturated rings. The summed E-state index contributed by atoms with van der Waals surface area (Å²) >= 11 is 0. The van der Waals surface area contributed by atoms with Crippen LogP contribution in [0.3, 0.4) is 0 Å². The van der Waals surface area contributed by atoms with Crippen LogP contribution in [0.1, 0.15) is 30.1 Å². The van der Waals surface area contributed by atoms with Crippen LogP contribution in [0, 0.1) is 30.3 Å². The van der Waals surface area contributed by atoms with Gasteiger partial charge in [-0.3, -0.25) is 4.79 Å². The number of aryl methyl sites for hydroxylation is 1. The number of nitrogens with one attached hydrogen (secondary N) is 2. The summed E-state index contributed by atoms with van der Waals surface area (Å²) in [5.74, 6) is -0.603. The number of aromatic amines is 1. The van der Waals surface area contributed by atoms with E-state index in [1.807, 2.05) is 6.92 Å².